The number of urea groups is 1. The third-order valence-corrected chi connectivity index (χ3v) is 8.25. The number of thiazole rings is 1. The smallest absolute Gasteiger partial charge is 0.317 e. The molecular weight excluding hydrogens is 430 g/mol. The first-order chi connectivity index (χ1) is 15.4. The van der Waals surface area contributed by atoms with Gasteiger partial charge < -0.3 is 20.9 Å². The Hall–Kier alpha value is -2.75. The number of amides is 4. The van der Waals surface area contributed by atoms with Crippen LogP contribution in [0.1, 0.15) is 35.3 Å². The molecule has 2 bridgehead atoms. The largest absolute Gasteiger partial charge is 0.354 e. The highest BCUT2D eigenvalue weighted by atomic mass is 32.1. The number of nitrogens with one attached hydrogen (secondary N) is 3. The number of nitrogens with zero attached hydrogens (tertiary/aromatic N) is 2. The average molecular weight is 458 g/mol. The predicted octanol–water partition coefficient (Wildman–Crippen LogP) is 0.932. The van der Waals surface area contributed by atoms with Crippen LogP contribution in [0.15, 0.2) is 17.5 Å². The second kappa shape index (κ2) is 7.99. The van der Waals surface area contributed by atoms with E-state index in [9.17, 15) is 19.2 Å². The maximum Gasteiger partial charge on any atom is 0.317 e. The lowest BCUT2D eigenvalue weighted by Gasteiger charge is -2.26. The molecule has 3 N–H and O–H groups in total. The number of rotatable bonds is 8. The monoisotopic (exact) mass is 457 g/mol. The summed E-state index contributed by atoms with van der Waals surface area (Å²) in [4.78, 5) is 55.5. The van der Waals surface area contributed by atoms with Crippen molar-refractivity contribution in [2.75, 3.05) is 26.2 Å². The molecule has 1 spiro atoms. The summed E-state index contributed by atoms with van der Waals surface area (Å²) in [6.07, 6.45) is 6.34. The van der Waals surface area contributed by atoms with Crippen molar-refractivity contribution in [2.45, 2.75) is 26.3 Å². The molecule has 170 valence electrons. The summed E-state index contributed by atoms with van der Waals surface area (Å²) in [6, 6.07) is -0.105. The Labute approximate surface area is 190 Å². The molecule has 9 nitrogen and oxygen atoms in total. The first-order valence-electron chi connectivity index (χ1n) is 11.1. The maximum atomic E-state index is 13.2. The van der Waals surface area contributed by atoms with E-state index in [0.717, 1.165) is 12.8 Å². The van der Waals surface area contributed by atoms with E-state index in [-0.39, 0.29) is 47.4 Å². The lowest BCUT2D eigenvalue weighted by atomic mass is 9.81. The van der Waals surface area contributed by atoms with Crippen LogP contribution in [-0.2, 0) is 16.1 Å². The van der Waals surface area contributed by atoms with E-state index < -0.39 is 11.8 Å². The number of carbonyl (C=O) groups is 4. The highest BCUT2D eigenvalue weighted by Gasteiger charge is 2.69. The molecule has 2 saturated carbocycles. The Morgan fingerprint density at radius 2 is 1.88 bits per heavy atom. The Morgan fingerprint density at radius 1 is 1.19 bits per heavy atom. The van der Waals surface area contributed by atoms with Crippen molar-refractivity contribution in [1.82, 2.24) is 25.8 Å². The Balaban J connectivity index is 1.24. The summed E-state index contributed by atoms with van der Waals surface area (Å²) < 4.78 is 0. The molecule has 4 amide bonds. The zero-order valence-corrected chi connectivity index (χ0v) is 18.7. The molecule has 32 heavy (non-hydrogen) atoms. The fourth-order valence-corrected chi connectivity index (χ4v) is 6.47. The van der Waals surface area contributed by atoms with E-state index in [2.05, 4.69) is 33.1 Å². The van der Waals surface area contributed by atoms with Crippen LogP contribution in [0.2, 0.25) is 0 Å². The lowest BCUT2D eigenvalue weighted by Crippen LogP contribution is -2.45. The summed E-state index contributed by atoms with van der Waals surface area (Å²) in [5.74, 6) is -0.985. The zero-order chi connectivity index (χ0) is 22.5. The van der Waals surface area contributed by atoms with Crippen molar-refractivity contribution < 1.29 is 19.2 Å². The zero-order valence-electron chi connectivity index (χ0n) is 17.9. The summed E-state index contributed by atoms with van der Waals surface area (Å²) in [5.41, 5.74) is 0.463. The topological polar surface area (TPSA) is 120 Å². The van der Waals surface area contributed by atoms with Gasteiger partial charge in [0.25, 0.3) is 0 Å². The first-order valence-corrected chi connectivity index (χ1v) is 12.0. The van der Waals surface area contributed by atoms with Crippen molar-refractivity contribution in [2.24, 2.45) is 29.1 Å². The summed E-state index contributed by atoms with van der Waals surface area (Å²) in [7, 11) is 0. The van der Waals surface area contributed by atoms with Gasteiger partial charge >= 0.3 is 6.03 Å². The third kappa shape index (κ3) is 3.50. The highest BCUT2D eigenvalue weighted by Crippen LogP contribution is 2.72. The quantitative estimate of drug-likeness (QED) is 0.396. The second-order valence-corrected chi connectivity index (χ2v) is 10.1. The SMILES string of the molecule is CC(=O)c1csc(CNC(=O)[C@H]2[C@H](C(=O)NCCN3CCNC3=O)[C@H]3C=C[C@@H]2C32CC2)n1. The van der Waals surface area contributed by atoms with Gasteiger partial charge in [-0.05, 0) is 30.1 Å². The highest BCUT2D eigenvalue weighted by molar-refractivity contribution is 7.09. The van der Waals surface area contributed by atoms with Gasteiger partial charge in [0.05, 0.1) is 18.4 Å². The summed E-state index contributed by atoms with van der Waals surface area (Å²) >= 11 is 1.34. The van der Waals surface area contributed by atoms with Crippen LogP contribution in [0, 0.1) is 29.1 Å². The van der Waals surface area contributed by atoms with Crippen LogP contribution in [0.25, 0.3) is 0 Å². The number of hydrogen-bond donors (Lipinski definition) is 3. The van der Waals surface area contributed by atoms with Gasteiger partial charge in [-0.15, -0.1) is 11.3 Å². The van der Waals surface area contributed by atoms with Crippen LogP contribution >= 0.6 is 11.3 Å². The van der Waals surface area contributed by atoms with E-state index in [4.69, 9.17) is 0 Å². The van der Waals surface area contributed by atoms with Gasteiger partial charge in [-0.2, -0.15) is 0 Å². The van der Waals surface area contributed by atoms with E-state index in [0.29, 0.717) is 36.9 Å². The van der Waals surface area contributed by atoms with Gasteiger partial charge in [0.2, 0.25) is 11.8 Å². The molecule has 5 rings (SSSR count). The van der Waals surface area contributed by atoms with Gasteiger partial charge in [0, 0.05) is 38.5 Å². The fourth-order valence-electron chi connectivity index (χ4n) is 5.70. The molecule has 0 radical (unpaired) electrons. The summed E-state index contributed by atoms with van der Waals surface area (Å²) in [5, 5.41) is 11.1. The normalized spacial score (nSPS) is 28.8. The number of carbonyl (C=O) groups excluding carboxylic acids is 4. The molecule has 1 aromatic rings. The predicted molar refractivity (Wildman–Crippen MR) is 117 cm³/mol. The number of hydrogen-bond acceptors (Lipinski definition) is 6. The number of ketones is 1. The molecule has 1 aliphatic heterocycles. The molecule has 3 fully saturated rings. The molecule has 2 heterocycles. The van der Waals surface area contributed by atoms with Crippen molar-refractivity contribution in [3.05, 3.63) is 28.2 Å². The minimum Gasteiger partial charge on any atom is -0.354 e. The average Bonchev–Trinajstić information content (AvgIpc) is 3.05. The van der Waals surface area contributed by atoms with Crippen LogP contribution < -0.4 is 16.0 Å². The number of aromatic nitrogens is 1. The molecule has 4 atom stereocenters. The van der Waals surface area contributed by atoms with E-state index in [1.54, 1.807) is 10.3 Å². The van der Waals surface area contributed by atoms with Gasteiger partial charge in [-0.3, -0.25) is 14.4 Å². The summed E-state index contributed by atoms with van der Waals surface area (Å²) in [6.45, 7) is 3.81. The number of Topliss-reactive ketones (excluding diaryl/α,β-unsaturated/α-hetero) is 1. The molecule has 0 aromatic carbocycles. The fraction of sp³-hybridized carbons (Fsp3) is 0.591. The third-order valence-electron chi connectivity index (χ3n) is 7.40. The van der Waals surface area contributed by atoms with Crippen molar-refractivity contribution in [3.8, 4) is 0 Å². The van der Waals surface area contributed by atoms with Gasteiger partial charge in [0.1, 0.15) is 10.7 Å². The maximum absolute atomic E-state index is 13.2. The van der Waals surface area contributed by atoms with Crippen LogP contribution in [0.5, 0.6) is 0 Å². The Bertz CT molecular complexity index is 1000. The van der Waals surface area contributed by atoms with Crippen LogP contribution in [0.3, 0.4) is 0 Å². The molecule has 0 unspecified atom stereocenters. The standard InChI is InChI=1S/C22H27N5O4S/c1-12(28)15-11-32-16(26-15)10-25-20(30)18-14-3-2-13(22(14)4-5-22)17(18)19(29)23-6-8-27-9-7-24-21(27)31/h2-3,11,13-14,17-18H,4-10H2,1H3,(H,23,29)(H,24,31)(H,25,30)/t13-,14+,17-,18-/m1/s1. The molecule has 1 aromatic heterocycles. The van der Waals surface area contributed by atoms with Crippen LogP contribution in [0.4, 0.5) is 4.79 Å². The number of allylic oxidation sites excluding steroid dienone is 2. The minimum atomic E-state index is -0.408. The molecule has 1 saturated heterocycles. The van der Waals surface area contributed by atoms with Crippen LogP contribution in [-0.4, -0.2) is 59.7 Å². The Kier molecular flexibility index (Phi) is 5.27. The van der Waals surface area contributed by atoms with E-state index in [1.807, 2.05) is 0 Å². The second-order valence-electron chi connectivity index (χ2n) is 9.13. The molecule has 4 aliphatic rings. The molecule has 3 aliphatic carbocycles. The molecule has 10 heteroatoms. The van der Waals surface area contributed by atoms with Gasteiger partial charge in [-0.1, -0.05) is 12.2 Å². The van der Waals surface area contributed by atoms with E-state index >= 15 is 0 Å². The lowest BCUT2D eigenvalue weighted by molar-refractivity contribution is -0.135. The van der Waals surface area contributed by atoms with Gasteiger partial charge in [0.15, 0.2) is 5.78 Å². The van der Waals surface area contributed by atoms with Crippen molar-refractivity contribution >= 4 is 35.0 Å². The van der Waals surface area contributed by atoms with Crippen molar-refractivity contribution in [3.63, 3.8) is 0 Å². The molecular formula is C22H27N5O4S. The van der Waals surface area contributed by atoms with Crippen molar-refractivity contribution in [1.29, 1.82) is 0 Å². The minimum absolute atomic E-state index is 0.0574. The first kappa shape index (κ1) is 21.1. The van der Waals surface area contributed by atoms with Gasteiger partial charge in [-0.25, -0.2) is 9.78 Å². The van der Waals surface area contributed by atoms with E-state index in [1.165, 1.54) is 18.3 Å². The Morgan fingerprint density at radius 3 is 2.44 bits per heavy atom.